The van der Waals surface area contributed by atoms with E-state index in [1.165, 1.54) is 38.5 Å². The first-order chi connectivity index (χ1) is 9.76. The molecule has 0 spiro atoms. The van der Waals surface area contributed by atoms with Crippen LogP contribution in [0.4, 0.5) is 0 Å². The number of rotatable bonds is 7. The predicted molar refractivity (Wildman–Crippen MR) is 88.3 cm³/mol. The van der Waals surface area contributed by atoms with Crippen LogP contribution in [0.15, 0.2) is 24.3 Å². The summed E-state index contributed by atoms with van der Waals surface area (Å²) in [6.45, 7) is 8.13. The molecule has 0 fully saturated rings. The molecule has 0 saturated carbocycles. The standard InChI is InChI=1S/C19H31N/c1-4-13-20-19(14-15(3)5-2)18-12-8-10-16-9-6-7-11-17(16)18/h6-7,9,11,15,18-20H,4-5,8,10,12-14H2,1-3H3. The van der Waals surface area contributed by atoms with Crippen molar-refractivity contribution < 1.29 is 0 Å². The van der Waals surface area contributed by atoms with Gasteiger partial charge in [0, 0.05) is 6.04 Å². The molecule has 0 aliphatic heterocycles. The minimum absolute atomic E-state index is 0.659. The van der Waals surface area contributed by atoms with E-state index in [0.717, 1.165) is 18.4 Å². The van der Waals surface area contributed by atoms with Gasteiger partial charge in [-0.05, 0) is 61.6 Å². The van der Waals surface area contributed by atoms with Crippen LogP contribution in [0.3, 0.4) is 0 Å². The van der Waals surface area contributed by atoms with Gasteiger partial charge in [0.15, 0.2) is 0 Å². The first kappa shape index (κ1) is 15.6. The van der Waals surface area contributed by atoms with Crippen molar-refractivity contribution in [2.24, 2.45) is 5.92 Å². The number of hydrogen-bond acceptors (Lipinski definition) is 1. The Kier molecular flexibility index (Phi) is 6.09. The van der Waals surface area contributed by atoms with Crippen LogP contribution < -0.4 is 5.32 Å². The molecule has 1 aliphatic rings. The summed E-state index contributed by atoms with van der Waals surface area (Å²) in [5.74, 6) is 1.54. The Morgan fingerprint density at radius 2 is 2.05 bits per heavy atom. The minimum atomic E-state index is 0.659. The van der Waals surface area contributed by atoms with Crippen molar-refractivity contribution >= 4 is 0 Å². The van der Waals surface area contributed by atoms with Gasteiger partial charge in [0.05, 0.1) is 0 Å². The van der Waals surface area contributed by atoms with E-state index in [-0.39, 0.29) is 0 Å². The Morgan fingerprint density at radius 3 is 2.80 bits per heavy atom. The molecule has 0 saturated heterocycles. The zero-order valence-corrected chi connectivity index (χ0v) is 13.5. The zero-order valence-electron chi connectivity index (χ0n) is 13.5. The highest BCUT2D eigenvalue weighted by Crippen LogP contribution is 2.36. The van der Waals surface area contributed by atoms with Crippen LogP contribution in [0.1, 0.15) is 69.9 Å². The van der Waals surface area contributed by atoms with Crippen LogP contribution in [0.5, 0.6) is 0 Å². The number of hydrogen-bond donors (Lipinski definition) is 1. The Hall–Kier alpha value is -0.820. The fourth-order valence-electron chi connectivity index (χ4n) is 3.53. The summed E-state index contributed by atoms with van der Waals surface area (Å²) in [7, 11) is 0. The van der Waals surface area contributed by atoms with Crippen LogP contribution in [0, 0.1) is 5.92 Å². The fraction of sp³-hybridized carbons (Fsp3) is 0.684. The van der Waals surface area contributed by atoms with Gasteiger partial charge in [-0.2, -0.15) is 0 Å². The SMILES string of the molecule is CCCNC(CC(C)CC)C1CCCc2ccccc21. The third kappa shape index (κ3) is 3.85. The topological polar surface area (TPSA) is 12.0 Å². The maximum atomic E-state index is 3.85. The molecule has 0 heterocycles. The second-order valence-corrected chi connectivity index (χ2v) is 6.51. The van der Waals surface area contributed by atoms with Gasteiger partial charge in [-0.3, -0.25) is 0 Å². The number of aryl methyl sites for hydroxylation is 1. The van der Waals surface area contributed by atoms with E-state index < -0.39 is 0 Å². The Balaban J connectivity index is 2.15. The quantitative estimate of drug-likeness (QED) is 0.744. The van der Waals surface area contributed by atoms with Crippen molar-refractivity contribution in [3.63, 3.8) is 0 Å². The minimum Gasteiger partial charge on any atom is -0.313 e. The van der Waals surface area contributed by atoms with Crippen LogP contribution in [0.25, 0.3) is 0 Å². The molecular weight excluding hydrogens is 242 g/mol. The molecule has 0 radical (unpaired) electrons. The lowest BCUT2D eigenvalue weighted by Crippen LogP contribution is -2.38. The van der Waals surface area contributed by atoms with Crippen molar-refractivity contribution in [1.82, 2.24) is 5.32 Å². The molecule has 0 bridgehead atoms. The molecule has 1 aliphatic carbocycles. The van der Waals surface area contributed by atoms with Crippen molar-refractivity contribution in [2.45, 2.75) is 71.3 Å². The van der Waals surface area contributed by atoms with E-state index in [1.807, 2.05) is 0 Å². The highest BCUT2D eigenvalue weighted by atomic mass is 14.9. The zero-order chi connectivity index (χ0) is 14.4. The largest absolute Gasteiger partial charge is 0.313 e. The first-order valence-corrected chi connectivity index (χ1v) is 8.57. The monoisotopic (exact) mass is 273 g/mol. The maximum absolute atomic E-state index is 3.85. The number of nitrogens with one attached hydrogen (secondary N) is 1. The predicted octanol–water partition coefficient (Wildman–Crippen LogP) is 4.91. The molecule has 3 atom stereocenters. The third-order valence-corrected chi connectivity index (χ3v) is 4.91. The van der Waals surface area contributed by atoms with E-state index in [4.69, 9.17) is 0 Å². The number of fused-ring (bicyclic) bond motifs is 1. The first-order valence-electron chi connectivity index (χ1n) is 8.57. The van der Waals surface area contributed by atoms with Gasteiger partial charge in [0.25, 0.3) is 0 Å². The summed E-state index contributed by atoms with van der Waals surface area (Å²) in [4.78, 5) is 0. The Labute approximate surface area is 125 Å². The van der Waals surface area contributed by atoms with E-state index >= 15 is 0 Å². The summed E-state index contributed by atoms with van der Waals surface area (Å²) in [6.07, 6.45) is 7.82. The highest BCUT2D eigenvalue weighted by molar-refractivity contribution is 5.33. The van der Waals surface area contributed by atoms with E-state index in [2.05, 4.69) is 50.4 Å². The van der Waals surface area contributed by atoms with E-state index in [9.17, 15) is 0 Å². The molecule has 0 amide bonds. The van der Waals surface area contributed by atoms with Crippen molar-refractivity contribution in [3.05, 3.63) is 35.4 Å². The normalized spacial score (nSPS) is 21.2. The lowest BCUT2D eigenvalue weighted by Gasteiger charge is -2.34. The molecule has 1 aromatic rings. The fourth-order valence-corrected chi connectivity index (χ4v) is 3.53. The van der Waals surface area contributed by atoms with Gasteiger partial charge in [0.2, 0.25) is 0 Å². The highest BCUT2D eigenvalue weighted by Gasteiger charge is 2.28. The number of benzene rings is 1. The van der Waals surface area contributed by atoms with Gasteiger partial charge in [-0.1, -0.05) is 51.5 Å². The summed E-state index contributed by atoms with van der Waals surface area (Å²) < 4.78 is 0. The van der Waals surface area contributed by atoms with Gasteiger partial charge >= 0.3 is 0 Å². The van der Waals surface area contributed by atoms with Crippen molar-refractivity contribution in [2.75, 3.05) is 6.54 Å². The summed E-state index contributed by atoms with van der Waals surface area (Å²) in [5, 5.41) is 3.85. The van der Waals surface area contributed by atoms with E-state index in [1.54, 1.807) is 11.1 Å². The summed E-state index contributed by atoms with van der Waals surface area (Å²) >= 11 is 0. The van der Waals surface area contributed by atoms with Crippen LogP contribution in [-0.2, 0) is 6.42 Å². The summed E-state index contributed by atoms with van der Waals surface area (Å²) in [5.41, 5.74) is 3.21. The lowest BCUT2D eigenvalue weighted by atomic mass is 9.76. The average Bonchev–Trinajstić information content (AvgIpc) is 2.50. The average molecular weight is 273 g/mol. The molecule has 0 aromatic heterocycles. The molecule has 1 heteroatoms. The molecule has 1 N–H and O–H groups in total. The van der Waals surface area contributed by atoms with Crippen molar-refractivity contribution in [3.8, 4) is 0 Å². The van der Waals surface area contributed by atoms with Gasteiger partial charge in [-0.25, -0.2) is 0 Å². The van der Waals surface area contributed by atoms with Gasteiger partial charge in [0.1, 0.15) is 0 Å². The van der Waals surface area contributed by atoms with Crippen LogP contribution >= 0.6 is 0 Å². The second kappa shape index (κ2) is 7.83. The van der Waals surface area contributed by atoms with E-state index in [0.29, 0.717) is 6.04 Å². The lowest BCUT2D eigenvalue weighted by molar-refractivity contribution is 0.326. The molecule has 1 nitrogen and oxygen atoms in total. The van der Waals surface area contributed by atoms with Crippen molar-refractivity contribution in [1.29, 1.82) is 0 Å². The summed E-state index contributed by atoms with van der Waals surface area (Å²) in [6, 6.07) is 9.78. The smallest absolute Gasteiger partial charge is 0.0138 e. The van der Waals surface area contributed by atoms with Gasteiger partial charge < -0.3 is 5.32 Å². The molecular formula is C19H31N. The molecule has 20 heavy (non-hydrogen) atoms. The van der Waals surface area contributed by atoms with Crippen LogP contribution in [0.2, 0.25) is 0 Å². The second-order valence-electron chi connectivity index (χ2n) is 6.51. The molecule has 112 valence electrons. The third-order valence-electron chi connectivity index (χ3n) is 4.91. The van der Waals surface area contributed by atoms with Crippen LogP contribution in [-0.4, -0.2) is 12.6 Å². The Morgan fingerprint density at radius 1 is 1.25 bits per heavy atom. The molecule has 2 rings (SSSR count). The Bertz CT molecular complexity index is 399. The maximum Gasteiger partial charge on any atom is 0.0138 e. The molecule has 3 unspecified atom stereocenters. The van der Waals surface area contributed by atoms with Gasteiger partial charge in [-0.15, -0.1) is 0 Å². The molecule has 1 aromatic carbocycles.